The number of furan rings is 1. The molecule has 7 heteroatoms. The molecule has 20 heavy (non-hydrogen) atoms. The lowest BCUT2D eigenvalue weighted by Gasteiger charge is -2.23. The van der Waals surface area contributed by atoms with Crippen molar-refractivity contribution >= 4 is 16.3 Å². The number of hydrogen-bond donors (Lipinski definition) is 1. The van der Waals surface area contributed by atoms with Crippen molar-refractivity contribution in [3.05, 3.63) is 23.3 Å². The molecule has 0 spiro atoms. The van der Waals surface area contributed by atoms with Gasteiger partial charge in [0.15, 0.2) is 11.8 Å². The smallest absolute Gasteiger partial charge is 0.298 e. The van der Waals surface area contributed by atoms with Crippen molar-refractivity contribution in [1.29, 1.82) is 0 Å². The molecule has 1 N–H and O–H groups in total. The zero-order valence-electron chi connectivity index (χ0n) is 12.0. The normalized spacial score (nSPS) is 13.7. The molecule has 0 aliphatic rings. The fraction of sp³-hybridized carbons (Fsp3) is 0.615. The maximum absolute atomic E-state index is 12.1. The number of nitrogens with zero attached hydrogens (tertiary/aromatic N) is 1. The second kappa shape index (κ2) is 6.41. The molecule has 1 aromatic heterocycles. The molecule has 0 radical (unpaired) electrons. The Kier molecular flexibility index (Phi) is 5.35. The van der Waals surface area contributed by atoms with Gasteiger partial charge in [0, 0.05) is 20.3 Å². The van der Waals surface area contributed by atoms with Crippen LogP contribution in [0.2, 0.25) is 0 Å². The Morgan fingerprint density at radius 1 is 1.40 bits per heavy atom. The SMILES string of the molecule is CCCCCC(C)(C)[N+]([O-])=Cc1cocc1S(=O)(=O)O. The van der Waals surface area contributed by atoms with E-state index in [0.29, 0.717) is 11.2 Å². The molecular formula is C13H21NO5S. The average Bonchev–Trinajstić information content (AvgIpc) is 2.77. The molecule has 0 atom stereocenters. The van der Waals surface area contributed by atoms with Gasteiger partial charge in [0.25, 0.3) is 10.1 Å². The minimum Gasteiger partial charge on any atom is -0.623 e. The Morgan fingerprint density at radius 2 is 2.05 bits per heavy atom. The van der Waals surface area contributed by atoms with Gasteiger partial charge in [-0.3, -0.25) is 4.55 Å². The number of rotatable bonds is 7. The summed E-state index contributed by atoms with van der Waals surface area (Å²) in [6.07, 6.45) is 6.88. The number of hydroxylamine groups is 1. The Balaban J connectivity index is 2.96. The summed E-state index contributed by atoms with van der Waals surface area (Å²) in [7, 11) is -4.39. The largest absolute Gasteiger partial charge is 0.623 e. The molecule has 0 bridgehead atoms. The zero-order chi connectivity index (χ0) is 15.4. The lowest BCUT2D eigenvalue weighted by molar-refractivity contribution is -0.537. The third-order valence-corrected chi connectivity index (χ3v) is 4.07. The van der Waals surface area contributed by atoms with Gasteiger partial charge in [0.05, 0.1) is 5.56 Å². The molecule has 0 saturated carbocycles. The highest BCUT2D eigenvalue weighted by Crippen LogP contribution is 2.20. The van der Waals surface area contributed by atoms with E-state index in [1.54, 1.807) is 13.8 Å². The molecule has 0 aromatic carbocycles. The minimum absolute atomic E-state index is 0.0473. The van der Waals surface area contributed by atoms with E-state index < -0.39 is 20.6 Å². The highest BCUT2D eigenvalue weighted by molar-refractivity contribution is 7.86. The molecule has 0 saturated heterocycles. The van der Waals surface area contributed by atoms with Crippen molar-refractivity contribution in [3.63, 3.8) is 0 Å². The van der Waals surface area contributed by atoms with Gasteiger partial charge in [0.2, 0.25) is 0 Å². The van der Waals surface area contributed by atoms with Crippen molar-refractivity contribution < 1.29 is 22.1 Å². The van der Waals surface area contributed by atoms with Gasteiger partial charge in [-0.25, -0.2) is 4.74 Å². The lowest BCUT2D eigenvalue weighted by atomic mass is 9.97. The van der Waals surface area contributed by atoms with Crippen molar-refractivity contribution in [2.24, 2.45) is 0 Å². The summed E-state index contributed by atoms with van der Waals surface area (Å²) >= 11 is 0. The molecule has 0 aliphatic carbocycles. The van der Waals surface area contributed by atoms with E-state index in [1.807, 2.05) is 0 Å². The first-order valence-electron chi connectivity index (χ1n) is 6.53. The fourth-order valence-corrected chi connectivity index (χ4v) is 2.39. The van der Waals surface area contributed by atoms with Crippen LogP contribution < -0.4 is 0 Å². The van der Waals surface area contributed by atoms with Crippen molar-refractivity contribution in [2.45, 2.75) is 56.9 Å². The van der Waals surface area contributed by atoms with E-state index in [1.165, 1.54) is 0 Å². The number of unbranched alkanes of at least 4 members (excludes halogenated alkanes) is 2. The second-order valence-electron chi connectivity index (χ2n) is 5.39. The highest BCUT2D eigenvalue weighted by atomic mass is 32.2. The van der Waals surface area contributed by atoms with Gasteiger partial charge in [-0.1, -0.05) is 19.8 Å². The van der Waals surface area contributed by atoms with Gasteiger partial charge >= 0.3 is 0 Å². The van der Waals surface area contributed by atoms with Crippen LogP contribution in [0.5, 0.6) is 0 Å². The fourth-order valence-electron chi connectivity index (χ4n) is 1.82. The van der Waals surface area contributed by atoms with Gasteiger partial charge in [-0.05, 0) is 6.42 Å². The van der Waals surface area contributed by atoms with Crippen LogP contribution in [0.4, 0.5) is 0 Å². The first-order valence-corrected chi connectivity index (χ1v) is 7.97. The van der Waals surface area contributed by atoms with Crippen molar-refractivity contribution in [3.8, 4) is 0 Å². The monoisotopic (exact) mass is 303 g/mol. The summed E-state index contributed by atoms with van der Waals surface area (Å²) in [4.78, 5) is -0.400. The maximum atomic E-state index is 12.1. The third kappa shape index (κ3) is 4.35. The minimum atomic E-state index is -4.39. The number of hydrogen-bond acceptors (Lipinski definition) is 4. The van der Waals surface area contributed by atoms with Crippen LogP contribution in [0.3, 0.4) is 0 Å². The summed E-state index contributed by atoms with van der Waals surface area (Å²) in [5.41, 5.74) is -0.603. The van der Waals surface area contributed by atoms with Crippen LogP contribution >= 0.6 is 0 Å². The molecule has 6 nitrogen and oxygen atoms in total. The van der Waals surface area contributed by atoms with E-state index in [0.717, 1.165) is 38.0 Å². The molecule has 0 unspecified atom stereocenters. The summed E-state index contributed by atoms with van der Waals surface area (Å²) < 4.78 is 36.7. The Bertz CT molecular complexity index is 571. The van der Waals surface area contributed by atoms with Crippen LogP contribution in [0.15, 0.2) is 21.8 Å². The van der Waals surface area contributed by atoms with Crippen LogP contribution in [0, 0.1) is 5.21 Å². The lowest BCUT2D eigenvalue weighted by Crippen LogP contribution is -2.33. The Labute approximate surface area is 119 Å². The van der Waals surface area contributed by atoms with Gasteiger partial charge in [0.1, 0.15) is 17.4 Å². The van der Waals surface area contributed by atoms with Crippen molar-refractivity contribution in [1.82, 2.24) is 0 Å². The quantitative estimate of drug-likeness (QED) is 0.209. The molecule has 0 fully saturated rings. The topological polar surface area (TPSA) is 93.6 Å². The predicted octanol–water partition coefficient (Wildman–Crippen LogP) is 2.81. The van der Waals surface area contributed by atoms with E-state index in [9.17, 15) is 13.6 Å². The summed E-state index contributed by atoms with van der Waals surface area (Å²) in [6, 6.07) is 0. The average molecular weight is 303 g/mol. The predicted molar refractivity (Wildman–Crippen MR) is 75.5 cm³/mol. The van der Waals surface area contributed by atoms with Crippen LogP contribution in [-0.2, 0) is 10.1 Å². The van der Waals surface area contributed by atoms with Crippen molar-refractivity contribution in [2.75, 3.05) is 0 Å². The second-order valence-corrected chi connectivity index (χ2v) is 6.78. The van der Waals surface area contributed by atoms with E-state index in [2.05, 4.69) is 6.92 Å². The molecule has 1 rings (SSSR count). The molecule has 1 aromatic rings. The Morgan fingerprint density at radius 3 is 2.60 bits per heavy atom. The Hall–Kier alpha value is -1.34. The molecular weight excluding hydrogens is 282 g/mol. The maximum Gasteiger partial charge on any atom is 0.298 e. The molecule has 0 amide bonds. The van der Waals surface area contributed by atoms with Crippen LogP contribution in [-0.4, -0.2) is 29.5 Å². The molecule has 0 aliphatic heterocycles. The highest BCUT2D eigenvalue weighted by Gasteiger charge is 2.27. The van der Waals surface area contributed by atoms with Gasteiger partial charge in [-0.2, -0.15) is 8.42 Å². The van der Waals surface area contributed by atoms with Crippen LogP contribution in [0.25, 0.3) is 0 Å². The van der Waals surface area contributed by atoms with Gasteiger partial charge in [-0.15, -0.1) is 0 Å². The molecule has 1 heterocycles. The first-order chi connectivity index (χ1) is 9.18. The van der Waals surface area contributed by atoms with Crippen LogP contribution in [0.1, 0.15) is 52.0 Å². The zero-order valence-corrected chi connectivity index (χ0v) is 12.8. The summed E-state index contributed by atoms with van der Waals surface area (Å²) in [5, 5.41) is 12.1. The van der Waals surface area contributed by atoms with E-state index in [4.69, 9.17) is 8.97 Å². The standard InChI is InChI=1S/C13H21NO5S/c1-4-5-6-7-13(2,3)14(15)8-11-9-19-10-12(11)20(16,17)18/h8-10H,4-7H2,1-3H3,(H,16,17,18). The molecule has 114 valence electrons. The first kappa shape index (κ1) is 16.7. The van der Waals surface area contributed by atoms with E-state index >= 15 is 0 Å². The van der Waals surface area contributed by atoms with E-state index in [-0.39, 0.29) is 5.56 Å². The third-order valence-electron chi connectivity index (χ3n) is 3.18. The summed E-state index contributed by atoms with van der Waals surface area (Å²) in [6.45, 7) is 5.66. The van der Waals surface area contributed by atoms with Gasteiger partial charge < -0.3 is 9.62 Å². The summed E-state index contributed by atoms with van der Waals surface area (Å²) in [5.74, 6) is 0.